The van der Waals surface area contributed by atoms with Crippen molar-refractivity contribution >= 4 is 22.7 Å². The normalized spacial score (nSPS) is 18.3. The lowest BCUT2D eigenvalue weighted by atomic mass is 9.98. The number of H-pyrrole nitrogens is 1. The number of aliphatic hydroxyl groups excluding tert-OH is 2. The Morgan fingerprint density at radius 3 is 2.87 bits per heavy atom. The maximum atomic E-state index is 12.9. The fourth-order valence-electron chi connectivity index (χ4n) is 4.21. The fourth-order valence-corrected chi connectivity index (χ4v) is 4.21. The highest BCUT2D eigenvalue weighted by atomic mass is 16.3. The molecule has 0 saturated carbocycles. The molecule has 3 unspecified atom stereocenters. The number of benzene rings is 1. The Labute approximate surface area is 176 Å². The Balaban J connectivity index is 1.63. The number of hydrogen-bond acceptors (Lipinski definition) is 4. The van der Waals surface area contributed by atoms with Crippen LogP contribution in [0.25, 0.3) is 10.9 Å². The van der Waals surface area contributed by atoms with Crippen molar-refractivity contribution in [3.8, 4) is 0 Å². The Morgan fingerprint density at radius 1 is 1.33 bits per heavy atom. The van der Waals surface area contributed by atoms with Crippen molar-refractivity contribution < 1.29 is 19.8 Å². The molecule has 1 saturated heterocycles. The van der Waals surface area contributed by atoms with E-state index in [2.05, 4.69) is 16.9 Å². The second-order valence-corrected chi connectivity index (χ2v) is 7.94. The SMILES string of the molecule is C=CCC(CC(=O)N1CCCC1CO)C(=O)NC(CO)Cc1c[nH]c2ccccc12. The molecule has 0 aliphatic carbocycles. The molecule has 2 amide bonds. The van der Waals surface area contributed by atoms with E-state index in [4.69, 9.17) is 0 Å². The van der Waals surface area contributed by atoms with E-state index >= 15 is 0 Å². The first kappa shape index (κ1) is 22.1. The van der Waals surface area contributed by atoms with Crippen molar-refractivity contribution in [3.63, 3.8) is 0 Å². The molecular formula is C23H31N3O4. The van der Waals surface area contributed by atoms with Gasteiger partial charge in [-0.15, -0.1) is 6.58 Å². The minimum atomic E-state index is -0.549. The molecule has 2 aromatic rings. The molecule has 1 aromatic heterocycles. The number of para-hydroxylation sites is 1. The van der Waals surface area contributed by atoms with E-state index in [1.165, 1.54) is 0 Å². The van der Waals surface area contributed by atoms with Gasteiger partial charge in [0.2, 0.25) is 11.8 Å². The molecule has 4 N–H and O–H groups in total. The van der Waals surface area contributed by atoms with E-state index in [-0.39, 0.29) is 37.5 Å². The number of nitrogens with zero attached hydrogens (tertiary/aromatic N) is 1. The minimum Gasteiger partial charge on any atom is -0.394 e. The van der Waals surface area contributed by atoms with E-state index in [1.54, 1.807) is 11.0 Å². The Kier molecular flexibility index (Phi) is 7.65. The van der Waals surface area contributed by atoms with E-state index in [1.807, 2.05) is 30.5 Å². The van der Waals surface area contributed by atoms with E-state index < -0.39 is 12.0 Å². The summed E-state index contributed by atoms with van der Waals surface area (Å²) in [6.45, 7) is 4.08. The van der Waals surface area contributed by atoms with E-state index in [0.717, 1.165) is 29.3 Å². The van der Waals surface area contributed by atoms with E-state index in [0.29, 0.717) is 19.4 Å². The lowest BCUT2D eigenvalue weighted by Crippen LogP contribution is -2.44. The van der Waals surface area contributed by atoms with Crippen LogP contribution in [0.15, 0.2) is 43.1 Å². The van der Waals surface area contributed by atoms with Gasteiger partial charge in [-0.3, -0.25) is 9.59 Å². The standard InChI is InChI=1S/C23H31N3O4/c1-2-6-16(12-22(29)26-10-5-7-19(26)15-28)23(30)25-18(14-27)11-17-13-24-21-9-4-3-8-20(17)21/h2-4,8-9,13,16,18-19,24,27-28H,1,5-7,10-12,14-15H2,(H,25,30). The number of aliphatic hydroxyl groups is 2. The van der Waals surface area contributed by atoms with Gasteiger partial charge in [0.05, 0.1) is 31.2 Å². The number of nitrogens with one attached hydrogen (secondary N) is 2. The van der Waals surface area contributed by atoms with Gasteiger partial charge in [-0.1, -0.05) is 24.3 Å². The number of hydrogen-bond donors (Lipinski definition) is 4. The highest BCUT2D eigenvalue weighted by Gasteiger charge is 2.31. The molecule has 3 atom stereocenters. The predicted molar refractivity (Wildman–Crippen MR) is 116 cm³/mol. The summed E-state index contributed by atoms with van der Waals surface area (Å²) in [5.41, 5.74) is 2.03. The van der Waals surface area contributed by atoms with Crippen LogP contribution in [0.5, 0.6) is 0 Å². The molecule has 30 heavy (non-hydrogen) atoms. The summed E-state index contributed by atoms with van der Waals surface area (Å²) in [6.07, 6.45) is 6.12. The predicted octanol–water partition coefficient (Wildman–Crippen LogP) is 1.75. The summed E-state index contributed by atoms with van der Waals surface area (Å²) in [5.74, 6) is -0.931. The summed E-state index contributed by atoms with van der Waals surface area (Å²) >= 11 is 0. The van der Waals surface area contributed by atoms with Crippen LogP contribution in [-0.2, 0) is 16.0 Å². The molecule has 7 nitrogen and oxygen atoms in total. The van der Waals surface area contributed by atoms with Crippen LogP contribution in [-0.4, -0.2) is 63.8 Å². The number of carbonyl (C=O) groups is 2. The Morgan fingerprint density at radius 2 is 2.13 bits per heavy atom. The lowest BCUT2D eigenvalue weighted by molar-refractivity contribution is -0.137. The lowest BCUT2D eigenvalue weighted by Gasteiger charge is -2.26. The molecule has 2 heterocycles. The summed E-state index contributed by atoms with van der Waals surface area (Å²) in [6, 6.07) is 7.29. The van der Waals surface area contributed by atoms with Gasteiger partial charge in [-0.25, -0.2) is 0 Å². The van der Waals surface area contributed by atoms with Gasteiger partial charge in [0.1, 0.15) is 0 Å². The first-order valence-electron chi connectivity index (χ1n) is 10.5. The third kappa shape index (κ3) is 5.09. The Bertz CT molecular complexity index is 878. The van der Waals surface area contributed by atoms with Gasteiger partial charge in [0.25, 0.3) is 0 Å². The molecule has 1 aliphatic heterocycles. The second kappa shape index (κ2) is 10.4. The van der Waals surface area contributed by atoms with Crippen molar-refractivity contribution in [1.82, 2.24) is 15.2 Å². The summed E-state index contributed by atoms with van der Waals surface area (Å²) in [4.78, 5) is 30.5. The zero-order valence-electron chi connectivity index (χ0n) is 17.2. The molecular weight excluding hydrogens is 382 g/mol. The molecule has 0 spiro atoms. The molecule has 1 aliphatic rings. The summed E-state index contributed by atoms with van der Waals surface area (Å²) in [5, 5.41) is 23.3. The third-order valence-electron chi connectivity index (χ3n) is 5.86. The molecule has 7 heteroatoms. The minimum absolute atomic E-state index is 0.0543. The quantitative estimate of drug-likeness (QED) is 0.445. The first-order chi connectivity index (χ1) is 14.6. The fraction of sp³-hybridized carbons (Fsp3) is 0.478. The van der Waals surface area contributed by atoms with Crippen molar-refractivity contribution in [2.75, 3.05) is 19.8 Å². The molecule has 1 fully saturated rings. The van der Waals surface area contributed by atoms with Gasteiger partial charge >= 0.3 is 0 Å². The van der Waals surface area contributed by atoms with Crippen LogP contribution >= 0.6 is 0 Å². The Hall–Kier alpha value is -2.64. The highest BCUT2D eigenvalue weighted by molar-refractivity contribution is 5.87. The van der Waals surface area contributed by atoms with Crippen molar-refractivity contribution in [3.05, 3.63) is 48.7 Å². The second-order valence-electron chi connectivity index (χ2n) is 7.94. The van der Waals surface area contributed by atoms with Crippen LogP contribution in [0, 0.1) is 5.92 Å². The monoisotopic (exact) mass is 413 g/mol. The number of allylic oxidation sites excluding steroid dienone is 1. The summed E-state index contributed by atoms with van der Waals surface area (Å²) < 4.78 is 0. The topological polar surface area (TPSA) is 106 Å². The van der Waals surface area contributed by atoms with Crippen LogP contribution < -0.4 is 5.32 Å². The smallest absolute Gasteiger partial charge is 0.224 e. The maximum absolute atomic E-state index is 12.9. The van der Waals surface area contributed by atoms with Gasteiger partial charge < -0.3 is 25.4 Å². The average molecular weight is 414 g/mol. The maximum Gasteiger partial charge on any atom is 0.224 e. The zero-order chi connectivity index (χ0) is 21.5. The van der Waals surface area contributed by atoms with Crippen LogP contribution in [0.4, 0.5) is 0 Å². The van der Waals surface area contributed by atoms with Crippen molar-refractivity contribution in [2.24, 2.45) is 5.92 Å². The number of likely N-dealkylation sites (tertiary alicyclic amines) is 1. The van der Waals surface area contributed by atoms with Crippen LogP contribution in [0.2, 0.25) is 0 Å². The zero-order valence-corrected chi connectivity index (χ0v) is 17.2. The number of fused-ring (bicyclic) bond motifs is 1. The molecule has 3 rings (SSSR count). The van der Waals surface area contributed by atoms with Gasteiger partial charge in [0, 0.05) is 30.1 Å². The third-order valence-corrected chi connectivity index (χ3v) is 5.86. The van der Waals surface area contributed by atoms with Crippen molar-refractivity contribution in [2.45, 2.75) is 44.2 Å². The number of carbonyl (C=O) groups excluding carboxylic acids is 2. The van der Waals surface area contributed by atoms with Gasteiger partial charge in [0.15, 0.2) is 0 Å². The number of aromatic nitrogens is 1. The summed E-state index contributed by atoms with van der Waals surface area (Å²) in [7, 11) is 0. The first-order valence-corrected chi connectivity index (χ1v) is 10.5. The molecule has 162 valence electrons. The number of rotatable bonds is 10. The number of aromatic amines is 1. The molecule has 0 radical (unpaired) electrons. The number of amides is 2. The van der Waals surface area contributed by atoms with Crippen LogP contribution in [0.1, 0.15) is 31.2 Å². The van der Waals surface area contributed by atoms with Gasteiger partial charge in [-0.2, -0.15) is 0 Å². The highest BCUT2D eigenvalue weighted by Crippen LogP contribution is 2.22. The van der Waals surface area contributed by atoms with E-state index in [9.17, 15) is 19.8 Å². The average Bonchev–Trinajstić information content (AvgIpc) is 3.40. The van der Waals surface area contributed by atoms with Gasteiger partial charge in [-0.05, 0) is 37.3 Å². The van der Waals surface area contributed by atoms with Crippen molar-refractivity contribution in [1.29, 1.82) is 0 Å². The largest absolute Gasteiger partial charge is 0.394 e. The van der Waals surface area contributed by atoms with Crippen LogP contribution in [0.3, 0.4) is 0 Å². The molecule has 1 aromatic carbocycles. The molecule has 0 bridgehead atoms.